The van der Waals surface area contributed by atoms with E-state index in [0.717, 1.165) is 57.4 Å². The van der Waals surface area contributed by atoms with Crippen molar-refractivity contribution < 1.29 is 23.6 Å². The van der Waals surface area contributed by atoms with Crippen LogP contribution in [0, 0.1) is 5.92 Å². The quantitative estimate of drug-likeness (QED) is 0.262. The summed E-state index contributed by atoms with van der Waals surface area (Å²) < 4.78 is 11.8. The second-order valence-corrected chi connectivity index (χ2v) is 10.6. The predicted molar refractivity (Wildman–Crippen MR) is 130 cm³/mol. The van der Waals surface area contributed by atoms with Gasteiger partial charge in [-0.2, -0.15) is 0 Å². The number of hydrogen-bond donors (Lipinski definition) is 0. The van der Waals surface area contributed by atoms with Crippen molar-refractivity contribution in [1.29, 1.82) is 0 Å². The van der Waals surface area contributed by atoms with E-state index in [1.54, 1.807) is 6.07 Å². The Bertz CT molecular complexity index is 1010. The number of hydrogen-bond acceptors (Lipinski definition) is 7. The van der Waals surface area contributed by atoms with Gasteiger partial charge in [-0.3, -0.25) is 4.90 Å². The monoisotopic (exact) mass is 480 g/mol. The molecule has 4 fully saturated rings. The first-order valence-electron chi connectivity index (χ1n) is 13.0. The lowest BCUT2D eigenvalue weighted by Crippen LogP contribution is -2.67. The smallest absolute Gasteiger partial charge is 0.331 e. The summed E-state index contributed by atoms with van der Waals surface area (Å²) in [6, 6.07) is 11.6. The molecule has 5 heterocycles. The number of benzene rings is 1. The molecule has 6 rings (SSSR count). The minimum atomic E-state index is -0.819. The molecule has 1 aromatic carbocycles. The van der Waals surface area contributed by atoms with E-state index in [1.807, 2.05) is 37.3 Å². The molecular formula is C27H36N4O4. The van der Waals surface area contributed by atoms with Crippen molar-refractivity contribution in [2.45, 2.75) is 57.1 Å². The Hall–Kier alpha value is -2.71. The number of aliphatic imine (C=N–C) groups is 1. The largest absolute Gasteiger partial charge is 0.858 e. The van der Waals surface area contributed by atoms with Crippen molar-refractivity contribution in [1.82, 2.24) is 10.1 Å². The van der Waals surface area contributed by atoms with Gasteiger partial charge in [0, 0.05) is 30.7 Å². The summed E-state index contributed by atoms with van der Waals surface area (Å²) in [7, 11) is 0. The van der Waals surface area contributed by atoms with Gasteiger partial charge in [0.25, 0.3) is 0 Å². The van der Waals surface area contributed by atoms with Crippen LogP contribution in [0.1, 0.15) is 51.0 Å². The molecule has 2 aromatic rings. The normalized spacial score (nSPS) is 29.3. The van der Waals surface area contributed by atoms with E-state index in [0.29, 0.717) is 29.3 Å². The van der Waals surface area contributed by atoms with Gasteiger partial charge in [-0.1, -0.05) is 48.3 Å². The Morgan fingerprint density at radius 1 is 1.17 bits per heavy atom. The van der Waals surface area contributed by atoms with E-state index in [2.05, 4.69) is 15.0 Å². The highest BCUT2D eigenvalue weighted by atomic mass is 16.5. The fourth-order valence-electron chi connectivity index (χ4n) is 6.25. The number of esters is 1. The molecule has 2 atom stereocenters. The molecule has 1 unspecified atom stereocenters. The van der Waals surface area contributed by atoms with Crippen LogP contribution in [-0.2, 0) is 15.1 Å². The van der Waals surface area contributed by atoms with Crippen LogP contribution in [0.25, 0.3) is 0 Å². The first-order chi connectivity index (χ1) is 17.0. The Balaban J connectivity index is 1.34. The number of carbonyl (C=O) groups is 1. The van der Waals surface area contributed by atoms with Gasteiger partial charge in [0.2, 0.25) is 0 Å². The molecule has 8 nitrogen and oxygen atoms in total. The first-order valence-corrected chi connectivity index (χ1v) is 13.0. The van der Waals surface area contributed by atoms with Crippen LogP contribution in [0.15, 0.2) is 52.2 Å². The Kier molecular flexibility index (Phi) is 6.93. The number of aromatic nitrogens is 1. The maximum atomic E-state index is 14.0. The average molecular weight is 481 g/mol. The predicted octanol–water partition coefficient (Wildman–Crippen LogP) is 3.01. The summed E-state index contributed by atoms with van der Waals surface area (Å²) in [4.78, 5) is 20.4. The molecular weight excluding hydrogens is 444 g/mol. The van der Waals surface area contributed by atoms with Crippen LogP contribution >= 0.6 is 0 Å². The average Bonchev–Trinajstić information content (AvgIpc) is 3.22. The maximum Gasteiger partial charge on any atom is 0.331 e. The number of rotatable bonds is 7. The standard InChI is InChI=1S/C27H36N4O4/c1-27(22-9-5-4-6-10-22,30-14-7-2-3-8-15-30)26(33)35-23-19-31(16-11-21(23)12-17-31)20-25(32)28-24-13-18-34-29-24/h4-6,9-10,13,18,21,23H,2-3,7-8,11-12,14-17,19-20H2,1H3/t21?,23-,27?,31?/m1/s1. The van der Waals surface area contributed by atoms with Gasteiger partial charge in [-0.05, 0) is 38.4 Å². The zero-order chi connectivity index (χ0) is 24.3. The number of fused-ring (bicyclic) bond motifs is 3. The highest BCUT2D eigenvalue weighted by Gasteiger charge is 2.50. The first kappa shape index (κ1) is 24.0. The highest BCUT2D eigenvalue weighted by molar-refractivity contribution is 5.82. The van der Waals surface area contributed by atoms with Gasteiger partial charge in [0.15, 0.2) is 11.9 Å². The summed E-state index contributed by atoms with van der Waals surface area (Å²) >= 11 is 0. The minimum absolute atomic E-state index is 0.166. The summed E-state index contributed by atoms with van der Waals surface area (Å²) in [6.07, 6.45) is 7.75. The number of carbonyl (C=O) groups excluding carboxylic acids is 1. The molecule has 0 aliphatic carbocycles. The van der Waals surface area contributed by atoms with Gasteiger partial charge in [0.1, 0.15) is 24.9 Å². The zero-order valence-corrected chi connectivity index (χ0v) is 20.6. The molecule has 0 saturated carbocycles. The molecule has 0 radical (unpaired) electrons. The van der Waals surface area contributed by atoms with Crippen molar-refractivity contribution in [3.63, 3.8) is 0 Å². The third-order valence-corrected chi connectivity index (χ3v) is 8.41. The second-order valence-electron chi connectivity index (χ2n) is 10.6. The van der Waals surface area contributed by atoms with Crippen molar-refractivity contribution >= 4 is 17.7 Å². The SMILES string of the molecule is CC(C(=O)O[C@@H]1C[N+]2(CC([O-])=Nc3ccon3)CCC1CC2)(c1ccccc1)N1CCCCCC1. The second kappa shape index (κ2) is 10.1. The van der Waals surface area contributed by atoms with E-state index in [1.165, 1.54) is 19.1 Å². The molecule has 0 spiro atoms. The van der Waals surface area contributed by atoms with Crippen molar-refractivity contribution in [2.24, 2.45) is 10.9 Å². The summed E-state index contributed by atoms with van der Waals surface area (Å²) in [6.45, 7) is 6.63. The van der Waals surface area contributed by atoms with Crippen LogP contribution in [0.5, 0.6) is 0 Å². The lowest BCUT2D eigenvalue weighted by Gasteiger charge is -2.53. The van der Waals surface area contributed by atoms with Gasteiger partial charge in [-0.15, -0.1) is 0 Å². The molecule has 2 bridgehead atoms. The van der Waals surface area contributed by atoms with E-state index >= 15 is 0 Å². The minimum Gasteiger partial charge on any atom is -0.858 e. The number of ether oxygens (including phenoxy) is 1. The number of piperidine rings is 3. The maximum absolute atomic E-state index is 14.0. The number of nitrogens with zero attached hydrogens (tertiary/aromatic N) is 4. The molecule has 0 N–H and O–H groups in total. The van der Waals surface area contributed by atoms with Crippen molar-refractivity contribution in [3.8, 4) is 0 Å². The lowest BCUT2D eigenvalue weighted by molar-refractivity contribution is -0.940. The van der Waals surface area contributed by atoms with Gasteiger partial charge in [0.05, 0.1) is 13.1 Å². The molecule has 188 valence electrons. The van der Waals surface area contributed by atoms with E-state index in [4.69, 9.17) is 9.26 Å². The van der Waals surface area contributed by atoms with Gasteiger partial charge in [-0.25, -0.2) is 9.79 Å². The third-order valence-electron chi connectivity index (χ3n) is 8.41. The third kappa shape index (κ3) is 5.00. The van der Waals surface area contributed by atoms with Crippen LogP contribution in [0.3, 0.4) is 0 Å². The zero-order valence-electron chi connectivity index (χ0n) is 20.6. The van der Waals surface area contributed by atoms with Gasteiger partial charge < -0.3 is 18.8 Å². The lowest BCUT2D eigenvalue weighted by atomic mass is 9.82. The molecule has 0 amide bonds. The van der Waals surface area contributed by atoms with Crippen LogP contribution in [-0.4, -0.2) is 71.8 Å². The van der Waals surface area contributed by atoms with Crippen LogP contribution < -0.4 is 5.11 Å². The number of quaternary nitrogens is 1. The highest BCUT2D eigenvalue weighted by Crippen LogP contribution is 2.38. The van der Waals surface area contributed by atoms with E-state index in [-0.39, 0.29) is 18.0 Å². The van der Waals surface area contributed by atoms with Crippen LogP contribution in [0.4, 0.5) is 5.82 Å². The summed E-state index contributed by atoms with van der Waals surface area (Å²) in [5.41, 5.74) is 0.166. The Morgan fingerprint density at radius 3 is 2.54 bits per heavy atom. The molecule has 4 aliphatic heterocycles. The van der Waals surface area contributed by atoms with E-state index in [9.17, 15) is 9.90 Å². The number of likely N-dealkylation sites (tertiary alicyclic amines) is 1. The fraction of sp³-hybridized carbons (Fsp3) is 0.593. The molecule has 4 aliphatic rings. The van der Waals surface area contributed by atoms with Gasteiger partial charge >= 0.3 is 5.97 Å². The molecule has 4 saturated heterocycles. The molecule has 35 heavy (non-hydrogen) atoms. The molecule has 1 aromatic heterocycles. The van der Waals surface area contributed by atoms with Crippen molar-refractivity contribution in [2.75, 3.05) is 39.3 Å². The Labute approximate surface area is 207 Å². The fourth-order valence-corrected chi connectivity index (χ4v) is 6.25. The topological polar surface area (TPSA) is 91.0 Å². The van der Waals surface area contributed by atoms with Crippen molar-refractivity contribution in [3.05, 3.63) is 48.2 Å². The molecule has 8 heteroatoms. The van der Waals surface area contributed by atoms with Crippen LogP contribution in [0.2, 0.25) is 0 Å². The summed E-state index contributed by atoms with van der Waals surface area (Å²) in [5, 5.41) is 16.4. The van der Waals surface area contributed by atoms with E-state index < -0.39 is 5.54 Å². The summed E-state index contributed by atoms with van der Waals surface area (Å²) in [5.74, 6) is 0.286. The Morgan fingerprint density at radius 2 is 1.89 bits per heavy atom.